The summed E-state index contributed by atoms with van der Waals surface area (Å²) in [4.78, 5) is 14.1. The first-order valence-electron chi connectivity index (χ1n) is 4.13. The maximum atomic E-state index is 10.3. The summed E-state index contributed by atoms with van der Waals surface area (Å²) in [5.74, 6) is 0.430. The van der Waals surface area contributed by atoms with Crippen molar-refractivity contribution in [3.8, 4) is 0 Å². The van der Waals surface area contributed by atoms with Gasteiger partial charge in [0.05, 0.1) is 0 Å². The average Bonchev–Trinajstić information content (AvgIpc) is 2.62. The van der Waals surface area contributed by atoms with Gasteiger partial charge in [-0.15, -0.1) is 0 Å². The number of carbonyl (C=O) groups is 1. The van der Waals surface area contributed by atoms with Crippen LogP contribution in [0.3, 0.4) is 0 Å². The minimum atomic E-state index is -0.178. The Morgan fingerprint density at radius 3 is 2.92 bits per heavy atom. The second-order valence-electron chi connectivity index (χ2n) is 2.62. The smallest absolute Gasteiger partial charge is 0.290 e. The monoisotopic (exact) mass is 184 g/mol. The van der Waals surface area contributed by atoms with Gasteiger partial charge in [-0.05, 0) is 6.42 Å². The van der Waals surface area contributed by atoms with Gasteiger partial charge >= 0.3 is 0 Å². The van der Waals surface area contributed by atoms with Gasteiger partial charge in [-0.25, -0.2) is 0 Å². The lowest BCUT2D eigenvalue weighted by Gasteiger charge is -2.08. The molecular formula is C8H12N2O3. The zero-order chi connectivity index (χ0) is 9.68. The SMILES string of the molecule is CCCC(OC)c1noc(C=O)n1. The summed E-state index contributed by atoms with van der Waals surface area (Å²) in [6.45, 7) is 2.03. The zero-order valence-electron chi connectivity index (χ0n) is 7.69. The highest BCUT2D eigenvalue weighted by atomic mass is 16.5. The van der Waals surface area contributed by atoms with Gasteiger partial charge in [-0.2, -0.15) is 4.98 Å². The van der Waals surface area contributed by atoms with Gasteiger partial charge in [-0.3, -0.25) is 4.79 Å². The summed E-state index contributed by atoms with van der Waals surface area (Å²) in [7, 11) is 1.58. The molecule has 0 aromatic carbocycles. The van der Waals surface area contributed by atoms with E-state index < -0.39 is 0 Å². The van der Waals surface area contributed by atoms with Crippen LogP contribution in [0.4, 0.5) is 0 Å². The van der Waals surface area contributed by atoms with Crippen LogP contribution < -0.4 is 0 Å². The van der Waals surface area contributed by atoms with E-state index in [1.165, 1.54) is 0 Å². The van der Waals surface area contributed by atoms with Crippen molar-refractivity contribution in [2.75, 3.05) is 7.11 Å². The Labute approximate surface area is 76.1 Å². The topological polar surface area (TPSA) is 65.2 Å². The highest BCUT2D eigenvalue weighted by molar-refractivity contribution is 5.66. The Balaban J connectivity index is 2.72. The fourth-order valence-corrected chi connectivity index (χ4v) is 1.04. The number of hydrogen-bond donors (Lipinski definition) is 0. The number of carbonyl (C=O) groups excluding carboxylic acids is 1. The molecule has 0 radical (unpaired) electrons. The van der Waals surface area contributed by atoms with Crippen molar-refractivity contribution in [1.82, 2.24) is 10.1 Å². The number of aromatic nitrogens is 2. The number of methoxy groups -OCH3 is 1. The molecule has 0 amide bonds. The lowest BCUT2D eigenvalue weighted by Crippen LogP contribution is -2.03. The first-order chi connectivity index (χ1) is 6.31. The molecule has 72 valence electrons. The molecule has 0 aliphatic rings. The quantitative estimate of drug-likeness (QED) is 0.646. The van der Waals surface area contributed by atoms with Gasteiger partial charge in [-0.1, -0.05) is 18.5 Å². The van der Waals surface area contributed by atoms with E-state index in [0.29, 0.717) is 12.1 Å². The largest absolute Gasteiger partial charge is 0.373 e. The Kier molecular flexibility index (Phi) is 3.57. The first-order valence-corrected chi connectivity index (χ1v) is 4.13. The Morgan fingerprint density at radius 1 is 1.69 bits per heavy atom. The third-order valence-corrected chi connectivity index (χ3v) is 1.68. The van der Waals surface area contributed by atoms with Crippen LogP contribution >= 0.6 is 0 Å². The van der Waals surface area contributed by atoms with Crippen LogP contribution in [0.5, 0.6) is 0 Å². The summed E-state index contributed by atoms with van der Waals surface area (Å²) in [5.41, 5.74) is 0. The van der Waals surface area contributed by atoms with Crippen LogP contribution in [0.15, 0.2) is 4.52 Å². The second kappa shape index (κ2) is 4.71. The maximum absolute atomic E-state index is 10.3. The van der Waals surface area contributed by atoms with E-state index in [9.17, 15) is 4.79 Å². The third kappa shape index (κ3) is 2.35. The lowest BCUT2D eigenvalue weighted by atomic mass is 10.2. The molecule has 5 nitrogen and oxygen atoms in total. The highest BCUT2D eigenvalue weighted by Gasteiger charge is 2.16. The highest BCUT2D eigenvalue weighted by Crippen LogP contribution is 2.18. The standard InChI is InChI=1S/C8H12N2O3/c1-3-4-6(12-2)8-9-7(5-11)13-10-8/h5-6H,3-4H2,1-2H3. The molecule has 0 saturated carbocycles. The zero-order valence-corrected chi connectivity index (χ0v) is 7.69. The average molecular weight is 184 g/mol. The van der Waals surface area contributed by atoms with Gasteiger partial charge in [0.25, 0.3) is 5.89 Å². The lowest BCUT2D eigenvalue weighted by molar-refractivity contribution is 0.0854. The van der Waals surface area contributed by atoms with Gasteiger partial charge in [0.15, 0.2) is 0 Å². The maximum Gasteiger partial charge on any atom is 0.290 e. The molecule has 1 unspecified atom stereocenters. The molecule has 0 N–H and O–H groups in total. The van der Waals surface area contributed by atoms with Crippen LogP contribution in [0.2, 0.25) is 0 Å². The fourth-order valence-electron chi connectivity index (χ4n) is 1.04. The molecular weight excluding hydrogens is 172 g/mol. The second-order valence-corrected chi connectivity index (χ2v) is 2.62. The molecule has 0 bridgehead atoms. The van der Waals surface area contributed by atoms with Crippen LogP contribution in [0, 0.1) is 0 Å². The molecule has 0 aliphatic carbocycles. The van der Waals surface area contributed by atoms with E-state index in [2.05, 4.69) is 14.7 Å². The Morgan fingerprint density at radius 2 is 2.46 bits per heavy atom. The number of hydrogen-bond acceptors (Lipinski definition) is 5. The predicted molar refractivity (Wildman–Crippen MR) is 44.3 cm³/mol. The Hall–Kier alpha value is -1.23. The van der Waals surface area contributed by atoms with Gasteiger partial charge < -0.3 is 9.26 Å². The molecule has 1 aromatic heterocycles. The van der Waals surface area contributed by atoms with E-state index in [0.717, 1.165) is 12.8 Å². The van der Waals surface area contributed by atoms with Crippen LogP contribution in [-0.2, 0) is 4.74 Å². The normalized spacial score (nSPS) is 12.8. The minimum Gasteiger partial charge on any atom is -0.373 e. The number of aldehydes is 1. The molecule has 1 heterocycles. The van der Waals surface area contributed by atoms with Crippen molar-refractivity contribution in [3.63, 3.8) is 0 Å². The van der Waals surface area contributed by atoms with Crippen molar-refractivity contribution in [2.24, 2.45) is 0 Å². The summed E-state index contributed by atoms with van der Waals surface area (Å²) in [5, 5.41) is 3.63. The first kappa shape index (κ1) is 9.85. The van der Waals surface area contributed by atoms with E-state index in [4.69, 9.17) is 4.74 Å². The van der Waals surface area contributed by atoms with Gasteiger partial charge in [0.2, 0.25) is 12.1 Å². The van der Waals surface area contributed by atoms with Crippen molar-refractivity contribution in [3.05, 3.63) is 11.7 Å². The van der Waals surface area contributed by atoms with E-state index in [-0.39, 0.29) is 12.0 Å². The molecule has 13 heavy (non-hydrogen) atoms. The van der Waals surface area contributed by atoms with E-state index in [1.54, 1.807) is 7.11 Å². The number of nitrogens with zero attached hydrogens (tertiary/aromatic N) is 2. The number of ether oxygens (including phenoxy) is 1. The van der Waals surface area contributed by atoms with Crippen molar-refractivity contribution in [2.45, 2.75) is 25.9 Å². The molecule has 5 heteroatoms. The van der Waals surface area contributed by atoms with Gasteiger partial charge in [0.1, 0.15) is 6.10 Å². The molecule has 1 atom stereocenters. The third-order valence-electron chi connectivity index (χ3n) is 1.68. The van der Waals surface area contributed by atoms with Crippen molar-refractivity contribution >= 4 is 6.29 Å². The van der Waals surface area contributed by atoms with Gasteiger partial charge in [0, 0.05) is 7.11 Å². The molecule has 0 fully saturated rings. The number of rotatable bonds is 5. The summed E-state index contributed by atoms with van der Waals surface area (Å²) < 4.78 is 9.77. The van der Waals surface area contributed by atoms with Crippen molar-refractivity contribution in [1.29, 1.82) is 0 Å². The minimum absolute atomic E-state index is 0.00634. The predicted octanol–water partition coefficient (Wildman–Crippen LogP) is 1.37. The molecule has 0 spiro atoms. The summed E-state index contributed by atoms with van der Waals surface area (Å²) in [6.07, 6.45) is 2.12. The van der Waals surface area contributed by atoms with Crippen LogP contribution in [0.1, 0.15) is 42.4 Å². The summed E-state index contributed by atoms with van der Waals surface area (Å²) in [6, 6.07) is 0. The van der Waals surface area contributed by atoms with Crippen molar-refractivity contribution < 1.29 is 14.1 Å². The molecule has 1 rings (SSSR count). The van der Waals surface area contributed by atoms with Crippen LogP contribution in [-0.4, -0.2) is 23.5 Å². The van der Waals surface area contributed by atoms with E-state index in [1.807, 2.05) is 6.92 Å². The van der Waals surface area contributed by atoms with Crippen LogP contribution in [0.25, 0.3) is 0 Å². The summed E-state index contributed by atoms with van der Waals surface area (Å²) >= 11 is 0. The fraction of sp³-hybridized carbons (Fsp3) is 0.625. The molecule has 1 aromatic rings. The molecule has 0 saturated heterocycles. The molecule has 0 aliphatic heterocycles. The van der Waals surface area contributed by atoms with E-state index >= 15 is 0 Å². The Bertz CT molecular complexity index is 272.